The van der Waals surface area contributed by atoms with Crippen LogP contribution in [0, 0.1) is 11.3 Å². The van der Waals surface area contributed by atoms with E-state index in [-0.39, 0.29) is 22.9 Å². The highest BCUT2D eigenvalue weighted by molar-refractivity contribution is 5.86. The highest BCUT2D eigenvalue weighted by atomic mass is 19.4. The Bertz CT molecular complexity index is 733. The molecule has 0 saturated heterocycles. The monoisotopic (exact) mass is 324 g/mol. The summed E-state index contributed by atoms with van der Waals surface area (Å²) in [5.74, 6) is -1.20. The smallest absolute Gasteiger partial charge is 0.329 e. The average molecular weight is 324 g/mol. The van der Waals surface area contributed by atoms with E-state index in [1.54, 1.807) is 24.3 Å². The molecule has 1 heterocycles. The number of alkyl halides is 3. The fourth-order valence-electron chi connectivity index (χ4n) is 2.57. The van der Waals surface area contributed by atoms with Crippen LogP contribution in [0.4, 0.5) is 13.2 Å². The van der Waals surface area contributed by atoms with Crippen molar-refractivity contribution in [3.63, 3.8) is 0 Å². The lowest BCUT2D eigenvalue weighted by molar-refractivity contribution is -0.159. The number of carbonyl (C=O) groups is 1. The Morgan fingerprint density at radius 2 is 1.91 bits per heavy atom. The van der Waals surface area contributed by atoms with E-state index in [4.69, 9.17) is 0 Å². The number of ketones is 1. The lowest BCUT2D eigenvalue weighted by atomic mass is 10.0. The number of hydrogen-bond acceptors (Lipinski definition) is 4. The van der Waals surface area contributed by atoms with Crippen LogP contribution < -0.4 is 0 Å². The minimum atomic E-state index is -4.66. The van der Waals surface area contributed by atoms with Crippen molar-refractivity contribution in [3.8, 4) is 11.4 Å². The molecular formula is C16H15F3N2O2. The second kappa shape index (κ2) is 5.18. The Balaban J connectivity index is 1.70. The topological polar surface area (TPSA) is 56.0 Å². The Labute approximate surface area is 130 Å². The molecule has 2 aromatic rings. The van der Waals surface area contributed by atoms with E-state index in [1.807, 2.05) is 0 Å². The number of Topliss-reactive ketones (excluding diaryl/α,β-unsaturated/α-hetero) is 1. The van der Waals surface area contributed by atoms with Crippen molar-refractivity contribution in [1.82, 2.24) is 10.1 Å². The molecule has 1 unspecified atom stereocenters. The number of aromatic nitrogens is 2. The zero-order chi connectivity index (χ0) is 16.8. The summed E-state index contributed by atoms with van der Waals surface area (Å²) in [6, 6.07) is 6.58. The van der Waals surface area contributed by atoms with E-state index in [0.29, 0.717) is 12.0 Å². The third-order valence-electron chi connectivity index (χ3n) is 4.16. The van der Waals surface area contributed by atoms with Gasteiger partial charge >= 0.3 is 12.1 Å². The van der Waals surface area contributed by atoms with Gasteiger partial charge in [0, 0.05) is 17.9 Å². The highest BCUT2D eigenvalue weighted by Gasteiger charge is 2.49. The van der Waals surface area contributed by atoms with Gasteiger partial charge in [-0.05, 0) is 17.4 Å². The zero-order valence-corrected chi connectivity index (χ0v) is 12.6. The van der Waals surface area contributed by atoms with Crippen LogP contribution in [0.15, 0.2) is 28.8 Å². The Hall–Kier alpha value is -2.18. The van der Waals surface area contributed by atoms with E-state index in [9.17, 15) is 18.0 Å². The summed E-state index contributed by atoms with van der Waals surface area (Å²) in [5.41, 5.74) is 1.32. The first-order valence-electron chi connectivity index (χ1n) is 7.20. The van der Waals surface area contributed by atoms with Gasteiger partial charge in [-0.1, -0.05) is 43.3 Å². The third-order valence-corrected chi connectivity index (χ3v) is 4.16. The van der Waals surface area contributed by atoms with Gasteiger partial charge in [0.1, 0.15) is 5.78 Å². The molecule has 23 heavy (non-hydrogen) atoms. The minimum absolute atomic E-state index is 0.0929. The summed E-state index contributed by atoms with van der Waals surface area (Å²) >= 11 is 0. The second-order valence-corrected chi connectivity index (χ2v) is 6.51. The number of halogens is 3. The van der Waals surface area contributed by atoms with Crippen LogP contribution in [0.5, 0.6) is 0 Å². The first-order chi connectivity index (χ1) is 10.7. The van der Waals surface area contributed by atoms with Gasteiger partial charge in [0.05, 0.1) is 0 Å². The molecule has 1 fully saturated rings. The number of benzene rings is 1. The van der Waals surface area contributed by atoms with Crippen molar-refractivity contribution in [2.45, 2.75) is 32.9 Å². The lowest BCUT2D eigenvalue weighted by Crippen LogP contribution is -2.09. The maximum atomic E-state index is 12.4. The number of rotatable bonds is 4. The summed E-state index contributed by atoms with van der Waals surface area (Å²) in [6.07, 6.45) is -3.42. The van der Waals surface area contributed by atoms with Crippen molar-refractivity contribution in [2.24, 2.45) is 11.3 Å². The van der Waals surface area contributed by atoms with Crippen LogP contribution in [0.2, 0.25) is 0 Å². The standard InChI is InChI=1S/C16H15F3N2O2/c1-15(2)8-11(15)12(22)7-9-3-5-10(6-4-9)13-20-14(23-21-13)16(17,18)19/h3-6,11H,7-8H2,1-2H3. The predicted molar refractivity (Wildman–Crippen MR) is 75.3 cm³/mol. The Morgan fingerprint density at radius 1 is 1.30 bits per heavy atom. The fraction of sp³-hybridized carbons (Fsp3) is 0.438. The number of carbonyl (C=O) groups excluding carboxylic acids is 1. The maximum absolute atomic E-state index is 12.4. The van der Waals surface area contributed by atoms with Crippen molar-refractivity contribution in [3.05, 3.63) is 35.7 Å². The molecule has 7 heteroatoms. The van der Waals surface area contributed by atoms with Gasteiger partial charge in [0.25, 0.3) is 0 Å². The van der Waals surface area contributed by atoms with E-state index in [1.165, 1.54) is 0 Å². The molecule has 0 spiro atoms. The van der Waals surface area contributed by atoms with Crippen molar-refractivity contribution in [1.29, 1.82) is 0 Å². The van der Waals surface area contributed by atoms with Gasteiger partial charge < -0.3 is 4.52 Å². The van der Waals surface area contributed by atoms with Gasteiger partial charge in [0.15, 0.2) is 0 Å². The van der Waals surface area contributed by atoms with Gasteiger partial charge in [-0.15, -0.1) is 0 Å². The Kier molecular flexibility index (Phi) is 3.54. The normalized spacial score (nSPS) is 19.6. The van der Waals surface area contributed by atoms with Gasteiger partial charge in [0.2, 0.25) is 5.82 Å². The van der Waals surface area contributed by atoms with Gasteiger partial charge in [-0.25, -0.2) is 0 Å². The largest absolute Gasteiger partial charge is 0.471 e. The molecule has 1 saturated carbocycles. The summed E-state index contributed by atoms with van der Waals surface area (Å²) in [5, 5.41) is 3.33. The molecule has 0 aliphatic heterocycles. The van der Waals surface area contributed by atoms with E-state index < -0.39 is 12.1 Å². The summed E-state index contributed by atoms with van der Waals surface area (Å²) in [6.45, 7) is 4.13. The SMILES string of the molecule is CC1(C)CC1C(=O)Cc1ccc(-c2noc(C(F)(F)F)n2)cc1. The molecule has 1 aromatic heterocycles. The highest BCUT2D eigenvalue weighted by Crippen LogP contribution is 2.52. The molecule has 122 valence electrons. The number of hydrogen-bond donors (Lipinski definition) is 0. The van der Waals surface area contributed by atoms with Crippen molar-refractivity contribution < 1.29 is 22.5 Å². The van der Waals surface area contributed by atoms with Crippen LogP contribution in [-0.4, -0.2) is 15.9 Å². The van der Waals surface area contributed by atoms with Crippen LogP contribution in [0.1, 0.15) is 31.7 Å². The van der Waals surface area contributed by atoms with Crippen LogP contribution in [-0.2, 0) is 17.4 Å². The van der Waals surface area contributed by atoms with Crippen LogP contribution in [0.3, 0.4) is 0 Å². The molecule has 0 radical (unpaired) electrons. The van der Waals surface area contributed by atoms with Crippen molar-refractivity contribution >= 4 is 5.78 Å². The quantitative estimate of drug-likeness (QED) is 0.855. The molecule has 0 bridgehead atoms. The summed E-state index contributed by atoms with van der Waals surface area (Å²) in [4.78, 5) is 15.4. The second-order valence-electron chi connectivity index (χ2n) is 6.51. The van der Waals surface area contributed by atoms with E-state index >= 15 is 0 Å². The molecule has 1 atom stereocenters. The van der Waals surface area contributed by atoms with E-state index in [2.05, 4.69) is 28.5 Å². The molecular weight excluding hydrogens is 309 g/mol. The van der Waals surface area contributed by atoms with Gasteiger partial charge in [-0.3, -0.25) is 4.79 Å². The summed E-state index contributed by atoms with van der Waals surface area (Å²) in [7, 11) is 0. The molecule has 4 nitrogen and oxygen atoms in total. The van der Waals surface area contributed by atoms with Crippen molar-refractivity contribution in [2.75, 3.05) is 0 Å². The van der Waals surface area contributed by atoms with Crippen LogP contribution in [0.25, 0.3) is 11.4 Å². The number of nitrogens with zero attached hydrogens (tertiary/aromatic N) is 2. The van der Waals surface area contributed by atoms with E-state index in [0.717, 1.165) is 12.0 Å². The lowest BCUT2D eigenvalue weighted by Gasteiger charge is -2.04. The molecule has 0 amide bonds. The molecule has 1 aromatic carbocycles. The molecule has 3 rings (SSSR count). The fourth-order valence-corrected chi connectivity index (χ4v) is 2.57. The molecule has 0 N–H and O–H groups in total. The third kappa shape index (κ3) is 3.28. The maximum Gasteiger partial charge on any atom is 0.471 e. The van der Waals surface area contributed by atoms with Crippen LogP contribution >= 0.6 is 0 Å². The minimum Gasteiger partial charge on any atom is -0.329 e. The zero-order valence-electron chi connectivity index (χ0n) is 12.6. The summed E-state index contributed by atoms with van der Waals surface area (Å²) < 4.78 is 41.5. The molecule has 1 aliphatic rings. The Morgan fingerprint density at radius 3 is 2.39 bits per heavy atom. The predicted octanol–water partition coefficient (Wildman–Crippen LogP) is 3.91. The molecule has 1 aliphatic carbocycles. The first-order valence-corrected chi connectivity index (χ1v) is 7.20. The van der Waals surface area contributed by atoms with Gasteiger partial charge in [-0.2, -0.15) is 18.2 Å². The average Bonchev–Trinajstić information content (AvgIpc) is 2.88. The first kappa shape index (κ1) is 15.7.